The number of benzene rings is 2. The number of aromatic nitrogens is 2. The third kappa shape index (κ3) is 4.80. The molecule has 0 aliphatic heterocycles. The minimum absolute atomic E-state index is 0.412. The maximum absolute atomic E-state index is 6.11. The highest BCUT2D eigenvalue weighted by Crippen LogP contribution is 2.33. The molecule has 0 spiro atoms. The van der Waals surface area contributed by atoms with Crippen molar-refractivity contribution in [2.24, 2.45) is 0 Å². The van der Waals surface area contributed by atoms with Crippen LogP contribution in [0.2, 0.25) is 0 Å². The molecule has 0 fully saturated rings. The first kappa shape index (κ1) is 19.7. The highest BCUT2D eigenvalue weighted by molar-refractivity contribution is 5.91. The highest BCUT2D eigenvalue weighted by atomic mass is 16.5. The molecule has 0 aliphatic rings. The maximum atomic E-state index is 6.11. The molecule has 0 saturated heterocycles. The van der Waals surface area contributed by atoms with Gasteiger partial charge in [-0.2, -0.15) is 4.98 Å². The summed E-state index contributed by atoms with van der Waals surface area (Å²) in [6, 6.07) is 14.1. The van der Waals surface area contributed by atoms with E-state index in [0.717, 1.165) is 31.4 Å². The van der Waals surface area contributed by atoms with Gasteiger partial charge in [0.15, 0.2) is 11.5 Å². The van der Waals surface area contributed by atoms with E-state index in [1.807, 2.05) is 12.1 Å². The fourth-order valence-electron chi connectivity index (χ4n) is 3.08. The van der Waals surface area contributed by atoms with Crippen LogP contribution in [0.25, 0.3) is 10.9 Å². The van der Waals surface area contributed by atoms with E-state index in [2.05, 4.69) is 51.5 Å². The van der Waals surface area contributed by atoms with Gasteiger partial charge in [-0.15, -0.1) is 0 Å². The summed E-state index contributed by atoms with van der Waals surface area (Å²) in [4.78, 5) is 11.2. The largest absolute Gasteiger partial charge is 0.493 e. The zero-order chi connectivity index (χ0) is 19.9. The second-order valence-corrected chi connectivity index (χ2v) is 6.66. The normalized spacial score (nSPS) is 11.0. The molecule has 0 atom stereocenters. The van der Waals surface area contributed by atoms with Gasteiger partial charge in [0.25, 0.3) is 0 Å². The van der Waals surface area contributed by atoms with E-state index in [1.54, 1.807) is 20.3 Å². The van der Waals surface area contributed by atoms with Gasteiger partial charge in [-0.25, -0.2) is 4.98 Å². The van der Waals surface area contributed by atoms with E-state index in [0.29, 0.717) is 28.8 Å². The van der Waals surface area contributed by atoms with Crippen LogP contribution in [0, 0.1) is 0 Å². The molecule has 3 N–H and O–H groups in total. The van der Waals surface area contributed by atoms with Crippen LogP contribution in [-0.2, 0) is 6.54 Å². The topological polar surface area (TPSA) is 85.5 Å². The number of nitrogens with zero attached hydrogens (tertiary/aromatic N) is 3. The van der Waals surface area contributed by atoms with Crippen LogP contribution in [0.5, 0.6) is 11.5 Å². The molecule has 2 aromatic carbocycles. The predicted octanol–water partition coefficient (Wildman–Crippen LogP) is 3.16. The third-order valence-electron chi connectivity index (χ3n) is 4.53. The molecule has 7 heteroatoms. The maximum Gasteiger partial charge on any atom is 0.225 e. The summed E-state index contributed by atoms with van der Waals surface area (Å²) in [7, 11) is 5.31. The van der Waals surface area contributed by atoms with Crippen molar-refractivity contribution in [3.63, 3.8) is 0 Å². The molecule has 1 heterocycles. The number of anilines is 2. The molecule has 0 radical (unpaired) electrons. The Kier molecular flexibility index (Phi) is 6.49. The number of ether oxygens (including phenoxy) is 2. The standard InChI is InChI=1S/C21H27N5O2/c1-26(14-15-8-5-4-6-9-15)11-7-10-23-21-24-17-13-19(28-3)18(27-2)12-16(17)20(22)25-21/h4-6,8-9,12-13H,7,10-11,14H2,1-3H3,(H3,22,23,24,25). The molecule has 0 aliphatic carbocycles. The first-order valence-electron chi connectivity index (χ1n) is 9.26. The number of methoxy groups -OCH3 is 2. The SMILES string of the molecule is COc1cc2nc(NCCCN(C)Cc3ccccc3)nc(N)c2cc1OC. The number of nitrogen functional groups attached to an aromatic ring is 1. The van der Waals surface area contributed by atoms with Crippen molar-refractivity contribution in [1.29, 1.82) is 0 Å². The quantitative estimate of drug-likeness (QED) is 0.551. The van der Waals surface area contributed by atoms with Crippen molar-refractivity contribution < 1.29 is 9.47 Å². The predicted molar refractivity (Wildman–Crippen MR) is 113 cm³/mol. The molecule has 0 unspecified atom stereocenters. The molecular weight excluding hydrogens is 354 g/mol. The van der Waals surface area contributed by atoms with E-state index in [-0.39, 0.29) is 0 Å². The lowest BCUT2D eigenvalue weighted by molar-refractivity contribution is 0.325. The summed E-state index contributed by atoms with van der Waals surface area (Å²) in [6.45, 7) is 2.66. The number of nitrogens with one attached hydrogen (secondary N) is 1. The zero-order valence-corrected chi connectivity index (χ0v) is 16.6. The van der Waals surface area contributed by atoms with Crippen LogP contribution >= 0.6 is 0 Å². The van der Waals surface area contributed by atoms with Crippen LogP contribution < -0.4 is 20.5 Å². The van der Waals surface area contributed by atoms with Gasteiger partial charge < -0.3 is 25.4 Å². The van der Waals surface area contributed by atoms with Gasteiger partial charge in [0.05, 0.1) is 19.7 Å². The summed E-state index contributed by atoms with van der Waals surface area (Å²) in [5, 5.41) is 4.00. The lowest BCUT2D eigenvalue weighted by atomic mass is 10.2. The fourth-order valence-corrected chi connectivity index (χ4v) is 3.08. The third-order valence-corrected chi connectivity index (χ3v) is 4.53. The molecule has 1 aromatic heterocycles. The summed E-state index contributed by atoms with van der Waals surface area (Å²) in [6.07, 6.45) is 0.969. The van der Waals surface area contributed by atoms with Crippen LogP contribution in [0.15, 0.2) is 42.5 Å². The van der Waals surface area contributed by atoms with E-state index < -0.39 is 0 Å². The summed E-state index contributed by atoms with van der Waals surface area (Å²) in [5.41, 5.74) is 8.14. The van der Waals surface area contributed by atoms with Gasteiger partial charge in [-0.3, -0.25) is 0 Å². The lowest BCUT2D eigenvalue weighted by Gasteiger charge is -2.17. The lowest BCUT2D eigenvalue weighted by Crippen LogP contribution is -2.21. The molecule has 3 aromatic rings. The van der Waals surface area contributed by atoms with E-state index in [4.69, 9.17) is 15.2 Å². The number of fused-ring (bicyclic) bond motifs is 1. The fraction of sp³-hybridized carbons (Fsp3) is 0.333. The van der Waals surface area contributed by atoms with Crippen LogP contribution in [0.1, 0.15) is 12.0 Å². The Morgan fingerprint density at radius 2 is 1.75 bits per heavy atom. The molecule has 7 nitrogen and oxygen atoms in total. The van der Waals surface area contributed by atoms with Gasteiger partial charge in [-0.05, 0) is 31.6 Å². The number of hydrogen-bond donors (Lipinski definition) is 2. The first-order valence-corrected chi connectivity index (χ1v) is 9.26. The van der Waals surface area contributed by atoms with Gasteiger partial charge in [-0.1, -0.05) is 30.3 Å². The van der Waals surface area contributed by atoms with E-state index in [9.17, 15) is 0 Å². The zero-order valence-electron chi connectivity index (χ0n) is 16.6. The van der Waals surface area contributed by atoms with Crippen molar-refractivity contribution in [3.8, 4) is 11.5 Å². The van der Waals surface area contributed by atoms with Crippen LogP contribution in [-0.4, -0.2) is 49.2 Å². The Bertz CT molecular complexity index is 918. The minimum atomic E-state index is 0.412. The molecule has 148 valence electrons. The molecule has 3 rings (SSSR count). The summed E-state index contributed by atoms with van der Waals surface area (Å²) >= 11 is 0. The molecule has 0 bridgehead atoms. The Hall–Kier alpha value is -3.06. The Balaban J connectivity index is 1.58. The number of nitrogens with two attached hydrogens (primary N) is 1. The number of hydrogen-bond acceptors (Lipinski definition) is 7. The van der Waals surface area contributed by atoms with Crippen molar-refractivity contribution in [2.75, 3.05) is 45.4 Å². The molecule has 28 heavy (non-hydrogen) atoms. The van der Waals surface area contributed by atoms with Gasteiger partial charge in [0.2, 0.25) is 5.95 Å². The Morgan fingerprint density at radius 3 is 2.46 bits per heavy atom. The van der Waals surface area contributed by atoms with Crippen molar-refractivity contribution in [2.45, 2.75) is 13.0 Å². The first-order chi connectivity index (χ1) is 13.6. The highest BCUT2D eigenvalue weighted by Gasteiger charge is 2.11. The average molecular weight is 381 g/mol. The van der Waals surface area contributed by atoms with Crippen LogP contribution in [0.4, 0.5) is 11.8 Å². The molecule has 0 saturated carbocycles. The van der Waals surface area contributed by atoms with E-state index in [1.165, 1.54) is 5.56 Å². The minimum Gasteiger partial charge on any atom is -0.493 e. The molecule has 0 amide bonds. The second-order valence-electron chi connectivity index (χ2n) is 6.66. The van der Waals surface area contributed by atoms with Gasteiger partial charge >= 0.3 is 0 Å². The van der Waals surface area contributed by atoms with Crippen molar-refractivity contribution >= 4 is 22.7 Å². The van der Waals surface area contributed by atoms with E-state index >= 15 is 0 Å². The second kappa shape index (κ2) is 9.23. The molecular formula is C21H27N5O2. The smallest absolute Gasteiger partial charge is 0.225 e. The van der Waals surface area contributed by atoms with Crippen molar-refractivity contribution in [3.05, 3.63) is 48.0 Å². The Morgan fingerprint density at radius 1 is 1.04 bits per heavy atom. The average Bonchev–Trinajstić information content (AvgIpc) is 2.71. The van der Waals surface area contributed by atoms with Gasteiger partial charge in [0.1, 0.15) is 5.82 Å². The monoisotopic (exact) mass is 381 g/mol. The summed E-state index contributed by atoms with van der Waals surface area (Å²) < 4.78 is 10.7. The van der Waals surface area contributed by atoms with Crippen LogP contribution in [0.3, 0.4) is 0 Å². The summed E-state index contributed by atoms with van der Waals surface area (Å²) in [5.74, 6) is 2.15. The Labute approximate surface area is 165 Å². The van der Waals surface area contributed by atoms with Gasteiger partial charge in [0, 0.05) is 24.5 Å². The van der Waals surface area contributed by atoms with Crippen molar-refractivity contribution in [1.82, 2.24) is 14.9 Å². The number of rotatable bonds is 9.